The molecule has 0 atom stereocenters. The lowest BCUT2D eigenvalue weighted by atomic mass is 9.96. The average Bonchev–Trinajstić information content (AvgIpc) is 3.13. The van der Waals surface area contributed by atoms with Gasteiger partial charge in [0.1, 0.15) is 15.8 Å². The van der Waals surface area contributed by atoms with Crippen molar-refractivity contribution in [1.82, 2.24) is 14.3 Å². The Bertz CT molecular complexity index is 1260. The molecule has 0 radical (unpaired) electrons. The number of nitrogens with two attached hydrogens (primary N) is 1. The predicted octanol–water partition coefficient (Wildman–Crippen LogP) is 3.88. The van der Waals surface area contributed by atoms with Crippen LogP contribution in [0.3, 0.4) is 0 Å². The highest BCUT2D eigenvalue weighted by atomic mass is 32.2. The van der Waals surface area contributed by atoms with Crippen LogP contribution in [0.25, 0.3) is 11.7 Å². The fourth-order valence-corrected chi connectivity index (χ4v) is 6.03. The van der Waals surface area contributed by atoms with Crippen LogP contribution in [-0.2, 0) is 9.59 Å². The van der Waals surface area contributed by atoms with Crippen molar-refractivity contribution in [3.63, 3.8) is 0 Å². The number of fused-ring (bicyclic) bond motifs is 1. The first-order chi connectivity index (χ1) is 17.3. The number of anilines is 1. The molecule has 2 aliphatic rings. The van der Waals surface area contributed by atoms with Gasteiger partial charge in [-0.05, 0) is 43.9 Å². The van der Waals surface area contributed by atoms with Gasteiger partial charge in [0.2, 0.25) is 5.91 Å². The molecule has 2 aromatic rings. The molecule has 2 fully saturated rings. The molecule has 0 bridgehead atoms. The van der Waals surface area contributed by atoms with Crippen LogP contribution in [-0.4, -0.2) is 50.1 Å². The molecular formula is C26H33N5O3S2. The van der Waals surface area contributed by atoms with Gasteiger partial charge in [0.25, 0.3) is 11.5 Å². The number of thiocarbonyl (C=S) groups is 1. The highest BCUT2D eigenvalue weighted by Crippen LogP contribution is 2.34. The van der Waals surface area contributed by atoms with Gasteiger partial charge in [-0.25, -0.2) is 4.98 Å². The van der Waals surface area contributed by atoms with Gasteiger partial charge in [0, 0.05) is 31.7 Å². The van der Waals surface area contributed by atoms with Crippen molar-refractivity contribution in [3.8, 4) is 0 Å². The zero-order chi connectivity index (χ0) is 25.8. The Kier molecular flexibility index (Phi) is 8.46. The number of piperidine rings is 1. The Balaban J connectivity index is 1.67. The standard InChI is InChI=1S/C26H33N5O3S2/c1-3-4-5-6-7-12-31-25(34)20(36-26(31)35)16-19-23(29-14-10-18(11-15-29)21(27)32)28-22-17(2)9-8-13-30(22)24(19)33/h8-9,13,16,18H,3-7,10-12,14-15H2,1-2H3,(H2,27,32)/b20-16+. The first-order valence-corrected chi connectivity index (χ1v) is 13.9. The summed E-state index contributed by atoms with van der Waals surface area (Å²) in [6.07, 6.45) is 10.0. The van der Waals surface area contributed by atoms with Crippen molar-refractivity contribution >= 4 is 57.7 Å². The van der Waals surface area contributed by atoms with Gasteiger partial charge in [-0.1, -0.05) is 62.7 Å². The third-order valence-corrected chi connectivity index (χ3v) is 8.27. The smallest absolute Gasteiger partial charge is 0.267 e. The molecule has 0 spiro atoms. The number of aryl methyl sites for hydroxylation is 1. The summed E-state index contributed by atoms with van der Waals surface area (Å²) < 4.78 is 2.05. The summed E-state index contributed by atoms with van der Waals surface area (Å²) in [6.45, 7) is 5.79. The molecule has 36 heavy (non-hydrogen) atoms. The normalized spacial score (nSPS) is 18.1. The summed E-state index contributed by atoms with van der Waals surface area (Å²) in [5, 5.41) is 0. The molecule has 2 amide bonds. The molecule has 0 aliphatic carbocycles. The summed E-state index contributed by atoms with van der Waals surface area (Å²) in [4.78, 5) is 47.5. The van der Waals surface area contributed by atoms with Gasteiger partial charge >= 0.3 is 0 Å². The van der Waals surface area contributed by atoms with Crippen molar-refractivity contribution < 1.29 is 9.59 Å². The number of pyridine rings is 1. The second kappa shape index (κ2) is 11.6. The molecule has 0 unspecified atom stereocenters. The lowest BCUT2D eigenvalue weighted by Gasteiger charge is -2.32. The predicted molar refractivity (Wildman–Crippen MR) is 149 cm³/mol. The van der Waals surface area contributed by atoms with Gasteiger partial charge in [-0.15, -0.1) is 0 Å². The van der Waals surface area contributed by atoms with Gasteiger partial charge in [-0.3, -0.25) is 23.7 Å². The van der Waals surface area contributed by atoms with Gasteiger partial charge in [0.15, 0.2) is 0 Å². The third-order valence-electron chi connectivity index (χ3n) is 6.90. The summed E-state index contributed by atoms with van der Waals surface area (Å²) in [7, 11) is 0. The number of amides is 2. The summed E-state index contributed by atoms with van der Waals surface area (Å²) in [5.74, 6) is -0.105. The molecule has 0 saturated carbocycles. The van der Waals surface area contributed by atoms with E-state index in [0.29, 0.717) is 58.7 Å². The largest absolute Gasteiger partial charge is 0.369 e. The number of aromatic nitrogens is 2. The number of primary amides is 1. The first-order valence-electron chi connectivity index (χ1n) is 12.6. The molecule has 2 N–H and O–H groups in total. The maximum atomic E-state index is 13.7. The number of carbonyl (C=O) groups excluding carboxylic acids is 2. The van der Waals surface area contributed by atoms with E-state index in [2.05, 4.69) is 6.92 Å². The van der Waals surface area contributed by atoms with Crippen LogP contribution in [0, 0.1) is 12.8 Å². The minimum Gasteiger partial charge on any atom is -0.369 e. The summed E-state index contributed by atoms with van der Waals surface area (Å²) in [6, 6.07) is 3.72. The number of unbranched alkanes of at least 4 members (excludes halogenated alkanes) is 4. The van der Waals surface area contributed by atoms with Crippen molar-refractivity contribution in [1.29, 1.82) is 0 Å². The minimum absolute atomic E-state index is 0.160. The average molecular weight is 528 g/mol. The zero-order valence-corrected chi connectivity index (χ0v) is 22.5. The Morgan fingerprint density at radius 2 is 1.94 bits per heavy atom. The van der Waals surface area contributed by atoms with E-state index in [0.717, 1.165) is 24.8 Å². The zero-order valence-electron chi connectivity index (χ0n) is 20.9. The Hall–Kier alpha value is -2.72. The van der Waals surface area contributed by atoms with Crippen LogP contribution in [0.5, 0.6) is 0 Å². The van der Waals surface area contributed by atoms with E-state index in [9.17, 15) is 14.4 Å². The van der Waals surface area contributed by atoms with Crippen LogP contribution < -0.4 is 16.2 Å². The minimum atomic E-state index is -0.296. The number of hydrogen-bond donors (Lipinski definition) is 1. The van der Waals surface area contributed by atoms with E-state index in [1.54, 1.807) is 17.2 Å². The van der Waals surface area contributed by atoms with Crippen LogP contribution in [0.2, 0.25) is 0 Å². The number of carbonyl (C=O) groups is 2. The number of thioether (sulfide) groups is 1. The van der Waals surface area contributed by atoms with Gasteiger partial charge in [0.05, 0.1) is 10.5 Å². The lowest BCUT2D eigenvalue weighted by molar-refractivity contribution is -0.123. The number of rotatable bonds is 9. The van der Waals surface area contributed by atoms with Crippen molar-refractivity contribution in [2.75, 3.05) is 24.5 Å². The Morgan fingerprint density at radius 1 is 1.22 bits per heavy atom. The van der Waals surface area contributed by atoms with Gasteiger partial charge < -0.3 is 10.6 Å². The molecule has 4 heterocycles. The van der Waals surface area contributed by atoms with Crippen molar-refractivity contribution in [2.24, 2.45) is 11.7 Å². The molecular weight excluding hydrogens is 494 g/mol. The fraction of sp³-hybridized carbons (Fsp3) is 0.500. The lowest BCUT2D eigenvalue weighted by Crippen LogP contribution is -2.40. The second-order valence-electron chi connectivity index (χ2n) is 9.45. The maximum Gasteiger partial charge on any atom is 0.267 e. The molecule has 4 rings (SSSR count). The van der Waals surface area contributed by atoms with Crippen LogP contribution >= 0.6 is 24.0 Å². The quantitative estimate of drug-likeness (QED) is 0.300. The molecule has 192 valence electrons. The summed E-state index contributed by atoms with van der Waals surface area (Å²) >= 11 is 6.74. The van der Waals surface area contributed by atoms with Crippen LogP contribution in [0.15, 0.2) is 28.0 Å². The number of hydrogen-bond acceptors (Lipinski definition) is 7. The van der Waals surface area contributed by atoms with E-state index in [4.69, 9.17) is 22.9 Å². The van der Waals surface area contributed by atoms with Gasteiger partial charge in [-0.2, -0.15) is 0 Å². The Labute approximate surface area is 220 Å². The first kappa shape index (κ1) is 26.3. The third kappa shape index (κ3) is 5.49. The topological polar surface area (TPSA) is 101 Å². The van der Waals surface area contributed by atoms with E-state index in [-0.39, 0.29) is 23.3 Å². The monoisotopic (exact) mass is 527 g/mol. The Morgan fingerprint density at radius 3 is 2.64 bits per heavy atom. The molecule has 8 nitrogen and oxygen atoms in total. The maximum absolute atomic E-state index is 13.7. The number of nitrogens with zero attached hydrogens (tertiary/aromatic N) is 4. The van der Waals surface area contributed by atoms with Crippen LogP contribution in [0.1, 0.15) is 63.0 Å². The molecule has 2 aromatic heterocycles. The fourth-order valence-electron chi connectivity index (χ4n) is 4.74. The summed E-state index contributed by atoms with van der Waals surface area (Å²) in [5.41, 5.74) is 7.09. The van der Waals surface area contributed by atoms with E-state index in [1.165, 1.54) is 29.0 Å². The van der Waals surface area contributed by atoms with E-state index >= 15 is 0 Å². The van der Waals surface area contributed by atoms with E-state index in [1.807, 2.05) is 24.0 Å². The molecule has 2 aliphatic heterocycles. The van der Waals surface area contributed by atoms with E-state index < -0.39 is 0 Å². The second-order valence-corrected chi connectivity index (χ2v) is 11.1. The van der Waals surface area contributed by atoms with Crippen LogP contribution in [0.4, 0.5) is 5.82 Å². The SMILES string of the molecule is CCCCCCCN1C(=O)/C(=C\c2c(N3CCC(C(N)=O)CC3)nc3c(C)cccn3c2=O)SC1=S. The molecule has 2 saturated heterocycles. The van der Waals surface area contributed by atoms with Crippen molar-refractivity contribution in [2.45, 2.75) is 58.8 Å². The highest BCUT2D eigenvalue weighted by Gasteiger charge is 2.33. The molecule has 10 heteroatoms. The van der Waals surface area contributed by atoms with Crippen molar-refractivity contribution in [3.05, 3.63) is 44.7 Å². The molecule has 0 aromatic carbocycles. The highest BCUT2D eigenvalue weighted by molar-refractivity contribution is 8.26.